The van der Waals surface area contributed by atoms with Gasteiger partial charge in [0.1, 0.15) is 5.69 Å². The van der Waals surface area contributed by atoms with E-state index in [1.54, 1.807) is 11.5 Å². The molecule has 0 bridgehead atoms. The van der Waals surface area contributed by atoms with Gasteiger partial charge >= 0.3 is 0 Å². The summed E-state index contributed by atoms with van der Waals surface area (Å²) in [6.45, 7) is 11.5. The van der Waals surface area contributed by atoms with Gasteiger partial charge in [0.2, 0.25) is 0 Å². The van der Waals surface area contributed by atoms with Crippen molar-refractivity contribution in [1.82, 2.24) is 19.8 Å². The first-order valence-electron chi connectivity index (χ1n) is 12.4. The Morgan fingerprint density at radius 3 is 2.56 bits per heavy atom. The summed E-state index contributed by atoms with van der Waals surface area (Å²) in [5, 5.41) is 3.05. The third-order valence-corrected chi connectivity index (χ3v) is 7.13. The number of hydrogen-bond acceptors (Lipinski definition) is 4. The molecule has 1 aliphatic heterocycles. The van der Waals surface area contributed by atoms with Crippen LogP contribution in [0, 0.1) is 20.8 Å². The molecule has 0 unspecified atom stereocenters. The maximum atomic E-state index is 12.9. The first kappa shape index (κ1) is 24.1. The van der Waals surface area contributed by atoms with Crippen LogP contribution in [-0.4, -0.2) is 46.0 Å². The van der Waals surface area contributed by atoms with Gasteiger partial charge in [0.15, 0.2) is 0 Å². The van der Waals surface area contributed by atoms with Crippen molar-refractivity contribution in [2.24, 2.45) is 0 Å². The molecule has 1 aromatic heterocycles. The average molecular weight is 461 g/mol. The normalized spacial score (nSPS) is 16.6. The number of nitrogens with zero attached hydrogens (tertiary/aromatic N) is 3. The van der Waals surface area contributed by atoms with Crippen molar-refractivity contribution in [3.05, 3.63) is 74.7 Å². The van der Waals surface area contributed by atoms with Gasteiger partial charge in [0, 0.05) is 24.7 Å². The lowest BCUT2D eigenvalue weighted by molar-refractivity contribution is 0.0949. The SMILES string of the molecule is Cc1cc2nc(C)c(=O)n(Cc3ccc(C(=O)NCCCN4CCCC[C@@H]4C)cc3)c2cc1C. The first-order valence-corrected chi connectivity index (χ1v) is 12.4. The van der Waals surface area contributed by atoms with E-state index in [0.29, 0.717) is 30.4 Å². The number of piperidine rings is 1. The number of carbonyl (C=O) groups excluding carboxylic acids is 1. The second kappa shape index (κ2) is 10.5. The van der Waals surface area contributed by atoms with Gasteiger partial charge in [-0.25, -0.2) is 4.98 Å². The molecule has 6 heteroatoms. The van der Waals surface area contributed by atoms with Crippen LogP contribution in [0.4, 0.5) is 0 Å². The van der Waals surface area contributed by atoms with Crippen LogP contribution in [0.5, 0.6) is 0 Å². The number of benzene rings is 2. The third-order valence-electron chi connectivity index (χ3n) is 7.13. The number of carbonyl (C=O) groups is 1. The Hall–Kier alpha value is -2.99. The number of likely N-dealkylation sites (tertiary alicyclic amines) is 1. The zero-order chi connectivity index (χ0) is 24.2. The molecule has 6 nitrogen and oxygen atoms in total. The highest BCUT2D eigenvalue weighted by Crippen LogP contribution is 2.19. The molecule has 0 radical (unpaired) electrons. The molecule has 1 aliphatic rings. The molecule has 1 fully saturated rings. The largest absolute Gasteiger partial charge is 0.352 e. The number of rotatable bonds is 7. The summed E-state index contributed by atoms with van der Waals surface area (Å²) in [7, 11) is 0. The molecule has 0 saturated carbocycles. The fourth-order valence-electron chi connectivity index (χ4n) is 4.80. The number of fused-ring (bicyclic) bond motifs is 1. The van der Waals surface area contributed by atoms with Crippen LogP contribution in [-0.2, 0) is 6.54 Å². The van der Waals surface area contributed by atoms with E-state index in [4.69, 9.17) is 0 Å². The van der Waals surface area contributed by atoms with Crippen molar-refractivity contribution in [3.63, 3.8) is 0 Å². The second-order valence-electron chi connectivity index (χ2n) is 9.70. The molecule has 1 N–H and O–H groups in total. The topological polar surface area (TPSA) is 67.2 Å². The van der Waals surface area contributed by atoms with Crippen LogP contribution in [0.25, 0.3) is 11.0 Å². The molecule has 3 aromatic rings. The van der Waals surface area contributed by atoms with E-state index in [0.717, 1.165) is 40.7 Å². The first-order chi connectivity index (χ1) is 16.3. The molecule has 1 amide bonds. The summed E-state index contributed by atoms with van der Waals surface area (Å²) in [5.41, 5.74) is 5.98. The van der Waals surface area contributed by atoms with Crippen molar-refractivity contribution in [3.8, 4) is 0 Å². The Morgan fingerprint density at radius 2 is 1.82 bits per heavy atom. The van der Waals surface area contributed by atoms with Crippen LogP contribution >= 0.6 is 0 Å². The van der Waals surface area contributed by atoms with Gasteiger partial charge in [0.25, 0.3) is 11.5 Å². The fourth-order valence-corrected chi connectivity index (χ4v) is 4.80. The summed E-state index contributed by atoms with van der Waals surface area (Å²) in [5.74, 6) is -0.0493. The molecule has 1 saturated heterocycles. The molecule has 2 aromatic carbocycles. The van der Waals surface area contributed by atoms with Crippen LogP contribution in [0.15, 0.2) is 41.2 Å². The molecule has 34 heavy (non-hydrogen) atoms. The minimum atomic E-state index is -0.0828. The Balaban J connectivity index is 1.40. The Kier molecular flexibility index (Phi) is 7.47. The van der Waals surface area contributed by atoms with Crippen molar-refractivity contribution in [1.29, 1.82) is 0 Å². The van der Waals surface area contributed by atoms with Crippen LogP contribution in [0.3, 0.4) is 0 Å². The third kappa shape index (κ3) is 5.39. The number of hydrogen-bond donors (Lipinski definition) is 1. The van der Waals surface area contributed by atoms with E-state index >= 15 is 0 Å². The molecular formula is C28H36N4O2. The van der Waals surface area contributed by atoms with E-state index in [1.807, 2.05) is 43.3 Å². The number of amides is 1. The van der Waals surface area contributed by atoms with Gasteiger partial charge in [0.05, 0.1) is 17.6 Å². The summed E-state index contributed by atoms with van der Waals surface area (Å²) < 4.78 is 1.78. The maximum Gasteiger partial charge on any atom is 0.272 e. The fraction of sp³-hybridized carbons (Fsp3) is 0.464. The zero-order valence-electron chi connectivity index (χ0n) is 20.9. The smallest absolute Gasteiger partial charge is 0.272 e. The minimum Gasteiger partial charge on any atom is -0.352 e. The number of nitrogens with one attached hydrogen (secondary N) is 1. The highest BCUT2D eigenvalue weighted by molar-refractivity contribution is 5.94. The number of aryl methyl sites for hydroxylation is 3. The standard InChI is InChI=1S/C28H36N4O2/c1-19-16-25-26(17-20(19)2)32(28(34)22(4)30-25)18-23-9-11-24(12-10-23)27(33)29-13-7-15-31-14-6-5-8-21(31)3/h9-12,16-17,21H,5-8,13-15,18H2,1-4H3,(H,29,33)/t21-/m0/s1. The van der Waals surface area contributed by atoms with Crippen molar-refractivity contribution in [2.75, 3.05) is 19.6 Å². The van der Waals surface area contributed by atoms with Gasteiger partial charge in [-0.15, -0.1) is 0 Å². The van der Waals surface area contributed by atoms with Gasteiger partial charge in [-0.2, -0.15) is 0 Å². The lowest BCUT2D eigenvalue weighted by atomic mass is 10.0. The molecule has 2 heterocycles. The summed E-state index contributed by atoms with van der Waals surface area (Å²) in [6, 6.07) is 12.3. The van der Waals surface area contributed by atoms with Crippen LogP contribution in [0.2, 0.25) is 0 Å². The van der Waals surface area contributed by atoms with Crippen LogP contribution in [0.1, 0.15) is 65.3 Å². The summed E-state index contributed by atoms with van der Waals surface area (Å²) >= 11 is 0. The summed E-state index contributed by atoms with van der Waals surface area (Å²) in [6.07, 6.45) is 4.85. The molecule has 180 valence electrons. The lowest BCUT2D eigenvalue weighted by Gasteiger charge is -2.33. The van der Waals surface area contributed by atoms with E-state index in [1.165, 1.54) is 25.8 Å². The van der Waals surface area contributed by atoms with Gasteiger partial charge in [-0.05, 0) is 94.5 Å². The molecule has 0 aliphatic carbocycles. The van der Waals surface area contributed by atoms with Crippen LogP contribution < -0.4 is 10.9 Å². The van der Waals surface area contributed by atoms with E-state index in [9.17, 15) is 9.59 Å². The van der Waals surface area contributed by atoms with E-state index in [-0.39, 0.29) is 11.5 Å². The van der Waals surface area contributed by atoms with Gasteiger partial charge < -0.3 is 14.8 Å². The predicted octanol–water partition coefficient (Wildman–Crippen LogP) is 4.36. The summed E-state index contributed by atoms with van der Waals surface area (Å²) in [4.78, 5) is 32.5. The minimum absolute atomic E-state index is 0.0493. The second-order valence-corrected chi connectivity index (χ2v) is 9.70. The van der Waals surface area contributed by atoms with E-state index in [2.05, 4.69) is 29.0 Å². The lowest BCUT2D eigenvalue weighted by Crippen LogP contribution is -2.39. The molecular weight excluding hydrogens is 424 g/mol. The Labute approximate surface area is 202 Å². The Bertz CT molecular complexity index is 1230. The van der Waals surface area contributed by atoms with E-state index < -0.39 is 0 Å². The zero-order valence-corrected chi connectivity index (χ0v) is 20.9. The molecule has 0 spiro atoms. The predicted molar refractivity (Wildman–Crippen MR) is 138 cm³/mol. The van der Waals surface area contributed by atoms with Crippen molar-refractivity contribution in [2.45, 2.75) is 66.0 Å². The highest BCUT2D eigenvalue weighted by atomic mass is 16.1. The van der Waals surface area contributed by atoms with Gasteiger partial charge in [-0.3, -0.25) is 9.59 Å². The van der Waals surface area contributed by atoms with Crippen molar-refractivity contribution < 1.29 is 4.79 Å². The quantitative estimate of drug-likeness (QED) is 0.532. The maximum absolute atomic E-state index is 12.9. The Morgan fingerprint density at radius 1 is 1.09 bits per heavy atom. The number of aromatic nitrogens is 2. The monoisotopic (exact) mass is 460 g/mol. The highest BCUT2D eigenvalue weighted by Gasteiger charge is 2.17. The molecule has 4 rings (SSSR count). The van der Waals surface area contributed by atoms with Gasteiger partial charge in [-0.1, -0.05) is 18.6 Å². The molecule has 1 atom stereocenters. The van der Waals surface area contributed by atoms with Crippen molar-refractivity contribution >= 4 is 16.9 Å². The average Bonchev–Trinajstić information content (AvgIpc) is 2.82.